The number of hydrogen-bond acceptors (Lipinski definition) is 4. The molecular weight excluding hydrogens is 364 g/mol. The Kier molecular flexibility index (Phi) is 6.60. The lowest BCUT2D eigenvalue weighted by Crippen LogP contribution is -2.32. The second kappa shape index (κ2) is 9.32. The highest BCUT2D eigenvalue weighted by molar-refractivity contribution is 5.99. The van der Waals surface area contributed by atoms with Gasteiger partial charge in [-0.3, -0.25) is 9.78 Å². The fraction of sp³-hybridized carbons (Fsp3) is 0.292. The van der Waals surface area contributed by atoms with E-state index in [0.717, 1.165) is 22.0 Å². The monoisotopic (exact) mass is 390 g/mol. The number of benzene rings is 2. The summed E-state index contributed by atoms with van der Waals surface area (Å²) in [5.74, 6) is -0.649. The molecule has 5 nitrogen and oxygen atoms in total. The molecule has 150 valence electrons. The van der Waals surface area contributed by atoms with Gasteiger partial charge < -0.3 is 10.1 Å². The molecule has 3 rings (SSSR count). The second-order valence-corrected chi connectivity index (χ2v) is 7.12. The van der Waals surface area contributed by atoms with Gasteiger partial charge in [-0.15, -0.1) is 0 Å². The summed E-state index contributed by atoms with van der Waals surface area (Å²) in [6.07, 6.45) is 0.608. The van der Waals surface area contributed by atoms with Crippen LogP contribution in [-0.2, 0) is 16.0 Å². The molecule has 0 aliphatic rings. The van der Waals surface area contributed by atoms with E-state index >= 15 is 0 Å². The first-order valence-corrected chi connectivity index (χ1v) is 9.88. The number of fused-ring (bicyclic) bond motifs is 1. The van der Waals surface area contributed by atoms with Crippen LogP contribution in [0.5, 0.6) is 0 Å². The maximum Gasteiger partial charge on any atom is 0.340 e. The van der Waals surface area contributed by atoms with Crippen molar-refractivity contribution in [1.29, 1.82) is 0 Å². The minimum absolute atomic E-state index is 0.175. The molecule has 0 aliphatic heterocycles. The van der Waals surface area contributed by atoms with Gasteiger partial charge in [0.2, 0.25) is 0 Å². The molecule has 0 radical (unpaired) electrons. The molecule has 0 unspecified atom stereocenters. The van der Waals surface area contributed by atoms with E-state index in [0.29, 0.717) is 24.2 Å². The molecule has 5 heteroatoms. The highest BCUT2D eigenvalue weighted by Crippen LogP contribution is 2.24. The van der Waals surface area contributed by atoms with Gasteiger partial charge in [-0.1, -0.05) is 62.4 Å². The number of carbonyl (C=O) groups is 2. The normalized spacial score (nSPS) is 11.8. The molecule has 0 bridgehead atoms. The Hall–Kier alpha value is -3.21. The van der Waals surface area contributed by atoms with Crippen molar-refractivity contribution < 1.29 is 14.3 Å². The minimum atomic E-state index is -0.510. The molecule has 0 fully saturated rings. The molecule has 3 aromatic rings. The molecule has 0 spiro atoms. The zero-order chi connectivity index (χ0) is 20.8. The minimum Gasteiger partial charge on any atom is -0.452 e. The predicted molar refractivity (Wildman–Crippen MR) is 114 cm³/mol. The van der Waals surface area contributed by atoms with Crippen molar-refractivity contribution >= 4 is 22.8 Å². The quantitative estimate of drug-likeness (QED) is 0.615. The van der Waals surface area contributed by atoms with Crippen molar-refractivity contribution in [2.75, 3.05) is 13.2 Å². The molecule has 1 atom stereocenters. The van der Waals surface area contributed by atoms with E-state index in [9.17, 15) is 9.59 Å². The number of ether oxygens (including phenoxy) is 1. The zero-order valence-corrected chi connectivity index (χ0v) is 17.1. The third kappa shape index (κ3) is 4.80. The number of hydrogen-bond donors (Lipinski definition) is 1. The van der Waals surface area contributed by atoms with Crippen LogP contribution in [-0.4, -0.2) is 30.0 Å². The van der Waals surface area contributed by atoms with Crippen molar-refractivity contribution in [2.45, 2.75) is 33.1 Å². The second-order valence-electron chi connectivity index (χ2n) is 7.12. The summed E-state index contributed by atoms with van der Waals surface area (Å²) in [7, 11) is 0. The molecule has 1 heterocycles. The van der Waals surface area contributed by atoms with Crippen LogP contribution in [0, 0.1) is 6.92 Å². The van der Waals surface area contributed by atoms with E-state index in [4.69, 9.17) is 4.74 Å². The summed E-state index contributed by atoms with van der Waals surface area (Å²) < 4.78 is 5.31. The van der Waals surface area contributed by atoms with Gasteiger partial charge in [0.25, 0.3) is 5.91 Å². The van der Waals surface area contributed by atoms with E-state index < -0.39 is 5.97 Å². The number of amides is 1. The number of aromatic nitrogens is 1. The number of nitrogens with zero attached hydrogens (tertiary/aromatic N) is 1. The molecule has 0 aliphatic carbocycles. The van der Waals surface area contributed by atoms with Crippen LogP contribution in [0.25, 0.3) is 10.9 Å². The van der Waals surface area contributed by atoms with Crippen LogP contribution in [0.1, 0.15) is 46.9 Å². The van der Waals surface area contributed by atoms with Gasteiger partial charge in [-0.2, -0.15) is 0 Å². The molecule has 2 aromatic carbocycles. The number of para-hydroxylation sites is 1. The summed E-state index contributed by atoms with van der Waals surface area (Å²) >= 11 is 0. The van der Waals surface area contributed by atoms with E-state index in [1.54, 1.807) is 0 Å². The topological polar surface area (TPSA) is 68.3 Å². The predicted octanol–water partition coefficient (Wildman–Crippen LogP) is 4.18. The van der Waals surface area contributed by atoms with Crippen LogP contribution in [0.4, 0.5) is 0 Å². The first-order valence-electron chi connectivity index (χ1n) is 9.88. The Balaban J connectivity index is 1.63. The Morgan fingerprint density at radius 3 is 2.48 bits per heavy atom. The molecule has 1 amide bonds. The molecule has 1 N–H and O–H groups in total. The standard InChI is InChI=1S/C24H26N2O3/c1-4-20-23(17(3)19-12-8-9-13-21(19)26-20)24(28)29-15-22(27)25-14-16(2)18-10-6-5-7-11-18/h5-13,16H,4,14-15H2,1-3H3,(H,25,27)/t16-/m0/s1. The molecule has 0 saturated heterocycles. The summed E-state index contributed by atoms with van der Waals surface area (Å²) in [5.41, 5.74) is 3.97. The first-order chi connectivity index (χ1) is 14.0. The Bertz CT molecular complexity index is 1020. The third-order valence-corrected chi connectivity index (χ3v) is 5.07. The van der Waals surface area contributed by atoms with Crippen LogP contribution in [0.2, 0.25) is 0 Å². The zero-order valence-electron chi connectivity index (χ0n) is 17.1. The fourth-order valence-corrected chi connectivity index (χ4v) is 3.39. The Morgan fingerprint density at radius 2 is 1.76 bits per heavy atom. The van der Waals surface area contributed by atoms with Crippen LogP contribution in [0.3, 0.4) is 0 Å². The van der Waals surface area contributed by atoms with Crippen molar-refractivity contribution in [3.63, 3.8) is 0 Å². The lowest BCUT2D eigenvalue weighted by molar-refractivity contribution is -0.124. The smallest absolute Gasteiger partial charge is 0.340 e. The van der Waals surface area contributed by atoms with E-state index in [1.807, 2.05) is 75.4 Å². The summed E-state index contributed by atoms with van der Waals surface area (Å²) in [6, 6.07) is 17.7. The van der Waals surface area contributed by atoms with Crippen molar-refractivity contribution in [3.05, 3.63) is 77.0 Å². The summed E-state index contributed by atoms with van der Waals surface area (Å²) in [5, 5.41) is 3.74. The fourth-order valence-electron chi connectivity index (χ4n) is 3.39. The van der Waals surface area contributed by atoms with E-state index in [1.165, 1.54) is 0 Å². The van der Waals surface area contributed by atoms with Gasteiger partial charge >= 0.3 is 5.97 Å². The lowest BCUT2D eigenvalue weighted by Gasteiger charge is -2.15. The van der Waals surface area contributed by atoms with Crippen molar-refractivity contribution in [1.82, 2.24) is 10.3 Å². The van der Waals surface area contributed by atoms with Gasteiger partial charge in [0, 0.05) is 11.9 Å². The number of nitrogens with one attached hydrogen (secondary N) is 1. The first kappa shape index (κ1) is 20.5. The number of esters is 1. The maximum atomic E-state index is 12.7. The maximum absolute atomic E-state index is 12.7. The van der Waals surface area contributed by atoms with Gasteiger partial charge in [0.05, 0.1) is 16.8 Å². The Morgan fingerprint density at radius 1 is 1.07 bits per heavy atom. The van der Waals surface area contributed by atoms with Crippen LogP contribution in [0.15, 0.2) is 54.6 Å². The molecular formula is C24H26N2O3. The highest BCUT2D eigenvalue weighted by atomic mass is 16.5. The Labute approximate surface area is 171 Å². The molecule has 0 saturated carbocycles. The largest absolute Gasteiger partial charge is 0.452 e. The summed E-state index contributed by atoms with van der Waals surface area (Å²) in [6.45, 7) is 6.05. The molecule has 29 heavy (non-hydrogen) atoms. The highest BCUT2D eigenvalue weighted by Gasteiger charge is 2.20. The lowest BCUT2D eigenvalue weighted by atomic mass is 10.0. The van der Waals surface area contributed by atoms with Gasteiger partial charge in [-0.05, 0) is 36.5 Å². The number of carbonyl (C=O) groups excluding carboxylic acids is 2. The van der Waals surface area contributed by atoms with Crippen molar-refractivity contribution in [2.24, 2.45) is 0 Å². The van der Waals surface area contributed by atoms with E-state index in [-0.39, 0.29) is 18.4 Å². The SMILES string of the molecule is CCc1nc2ccccc2c(C)c1C(=O)OCC(=O)NC[C@H](C)c1ccccc1. The number of aryl methyl sites for hydroxylation is 2. The van der Waals surface area contributed by atoms with Crippen LogP contribution >= 0.6 is 0 Å². The van der Waals surface area contributed by atoms with Crippen molar-refractivity contribution in [3.8, 4) is 0 Å². The third-order valence-electron chi connectivity index (χ3n) is 5.07. The van der Waals surface area contributed by atoms with Crippen LogP contribution < -0.4 is 5.32 Å². The summed E-state index contributed by atoms with van der Waals surface area (Å²) in [4.78, 5) is 29.5. The van der Waals surface area contributed by atoms with Gasteiger partial charge in [-0.25, -0.2) is 4.79 Å². The number of rotatable bonds is 7. The van der Waals surface area contributed by atoms with Gasteiger partial charge in [0.15, 0.2) is 6.61 Å². The molecule has 1 aromatic heterocycles. The average Bonchev–Trinajstić information content (AvgIpc) is 2.76. The van der Waals surface area contributed by atoms with Gasteiger partial charge in [0.1, 0.15) is 0 Å². The average molecular weight is 390 g/mol. The number of pyridine rings is 1. The van der Waals surface area contributed by atoms with E-state index in [2.05, 4.69) is 10.3 Å².